The van der Waals surface area contributed by atoms with Crippen molar-refractivity contribution in [3.63, 3.8) is 0 Å². The maximum atomic E-state index is 14.0. The highest BCUT2D eigenvalue weighted by Gasteiger charge is 2.42. The Morgan fingerprint density at radius 2 is 1.71 bits per heavy atom. The molecule has 0 fully saturated rings. The number of anilines is 2. The summed E-state index contributed by atoms with van der Waals surface area (Å²) in [6, 6.07) is 11.7. The van der Waals surface area contributed by atoms with Gasteiger partial charge in [0.1, 0.15) is 6.10 Å². The van der Waals surface area contributed by atoms with Gasteiger partial charge in [0, 0.05) is 43.5 Å². The van der Waals surface area contributed by atoms with Crippen molar-refractivity contribution in [2.24, 2.45) is 5.92 Å². The Balaban J connectivity index is 1.95. The number of fused-ring (bicyclic) bond motifs is 1. The van der Waals surface area contributed by atoms with Crippen molar-refractivity contribution < 1.29 is 33.6 Å². The Morgan fingerprint density at radius 1 is 1.04 bits per heavy atom. The van der Waals surface area contributed by atoms with Crippen LogP contribution < -0.4 is 20.9 Å². The summed E-state index contributed by atoms with van der Waals surface area (Å²) >= 11 is 0. The molecule has 11 nitrogen and oxygen atoms in total. The van der Waals surface area contributed by atoms with Gasteiger partial charge in [-0.05, 0) is 54.3 Å². The molecule has 1 aliphatic heterocycles. The van der Waals surface area contributed by atoms with Crippen LogP contribution in [0.15, 0.2) is 47.4 Å². The van der Waals surface area contributed by atoms with Gasteiger partial charge >= 0.3 is 6.03 Å². The van der Waals surface area contributed by atoms with E-state index in [9.17, 15) is 28.5 Å². The molecule has 0 spiro atoms. The van der Waals surface area contributed by atoms with Crippen molar-refractivity contribution in [2.75, 3.05) is 43.2 Å². The van der Waals surface area contributed by atoms with Crippen LogP contribution in [0, 0.1) is 5.92 Å². The van der Waals surface area contributed by atoms with E-state index in [-0.39, 0.29) is 12.3 Å². The van der Waals surface area contributed by atoms with Crippen LogP contribution in [0.2, 0.25) is 0 Å². The summed E-state index contributed by atoms with van der Waals surface area (Å²) in [6.45, 7) is 4.88. The Morgan fingerprint density at radius 3 is 2.31 bits per heavy atom. The van der Waals surface area contributed by atoms with Gasteiger partial charge in [0.25, 0.3) is 0 Å². The number of carbonyl (C=O) groups excluding carboxylic acids is 1. The largest absolute Gasteiger partial charge is 0.394 e. The van der Waals surface area contributed by atoms with Crippen molar-refractivity contribution in [1.29, 1.82) is 0 Å². The van der Waals surface area contributed by atoms with Gasteiger partial charge in [0.15, 0.2) is 9.84 Å². The second-order valence-electron chi connectivity index (χ2n) is 12.6. The molecule has 2 aromatic carbocycles. The fraction of sp³-hybridized carbons (Fsp3) is 0.606. The summed E-state index contributed by atoms with van der Waals surface area (Å²) < 4.78 is 28.0. The summed E-state index contributed by atoms with van der Waals surface area (Å²) in [4.78, 5) is 15.1. The molecule has 0 bridgehead atoms. The SMILES string of the molecule is CCCCC1(CCCC)CS(=O)(=O)c2ccc(N(C)C)cc2[C@@H](c2cccc(NC(=O)NC[C@H](O)[C@@H](C)[C@H](O)[C@H](O)CO)c2)N1. The average Bonchev–Trinajstić information content (AvgIpc) is 3.12. The molecule has 0 aromatic heterocycles. The molecule has 0 radical (unpaired) electrons. The number of aliphatic hydroxyl groups excluding tert-OH is 4. The number of nitrogens with zero attached hydrogens (tertiary/aromatic N) is 1. The molecule has 252 valence electrons. The van der Waals surface area contributed by atoms with Gasteiger partial charge in [-0.1, -0.05) is 58.6 Å². The minimum Gasteiger partial charge on any atom is -0.394 e. The predicted molar refractivity (Wildman–Crippen MR) is 177 cm³/mol. The number of benzene rings is 2. The molecule has 2 aromatic rings. The zero-order valence-electron chi connectivity index (χ0n) is 27.2. The van der Waals surface area contributed by atoms with Crippen molar-refractivity contribution >= 4 is 27.2 Å². The van der Waals surface area contributed by atoms with Gasteiger partial charge in [-0.15, -0.1) is 0 Å². The highest BCUT2D eigenvalue weighted by molar-refractivity contribution is 7.91. The predicted octanol–water partition coefficient (Wildman–Crippen LogP) is 3.17. The van der Waals surface area contributed by atoms with Gasteiger partial charge in [0.05, 0.1) is 35.5 Å². The van der Waals surface area contributed by atoms with E-state index in [4.69, 9.17) is 5.11 Å². The molecule has 0 unspecified atom stereocenters. The van der Waals surface area contributed by atoms with Crippen molar-refractivity contribution in [3.8, 4) is 0 Å². The first-order valence-corrected chi connectivity index (χ1v) is 17.5. The first-order chi connectivity index (χ1) is 21.3. The number of nitrogens with one attached hydrogen (secondary N) is 3. The highest BCUT2D eigenvalue weighted by Crippen LogP contribution is 2.40. The standard InChI is InChI=1S/C33H52N4O7S/c1-6-8-15-33(16-9-7-2)21-45(43,44)29-14-13-25(37(4)5)18-26(29)30(36-33)23-11-10-12-24(17-23)35-32(42)34-19-27(39)22(3)31(41)28(40)20-38/h10-14,17-18,22,27-28,30-31,36,38-41H,6-9,15-16,19-21H2,1-5H3,(H2,34,35,42)/t22-,27+,28-,30-,31+/m1/s1. The lowest BCUT2D eigenvalue weighted by Gasteiger charge is -2.37. The first kappa shape index (κ1) is 36.7. The van der Waals surface area contributed by atoms with Crippen LogP contribution in [0.4, 0.5) is 16.2 Å². The highest BCUT2D eigenvalue weighted by atomic mass is 32.2. The van der Waals surface area contributed by atoms with Crippen LogP contribution in [0.1, 0.15) is 76.5 Å². The molecule has 0 saturated carbocycles. The van der Waals surface area contributed by atoms with Gasteiger partial charge in [-0.3, -0.25) is 5.32 Å². The number of carbonyl (C=O) groups is 1. The quantitative estimate of drug-likeness (QED) is 0.153. The van der Waals surface area contributed by atoms with Gasteiger partial charge in [-0.2, -0.15) is 0 Å². The van der Waals surface area contributed by atoms with Crippen molar-refractivity contribution in [3.05, 3.63) is 53.6 Å². The fourth-order valence-corrected chi connectivity index (χ4v) is 8.00. The zero-order chi connectivity index (χ0) is 33.4. The van der Waals surface area contributed by atoms with Crippen LogP contribution in [-0.2, 0) is 9.84 Å². The van der Waals surface area contributed by atoms with E-state index in [1.54, 1.807) is 12.1 Å². The van der Waals surface area contributed by atoms with E-state index in [1.165, 1.54) is 6.92 Å². The molecule has 12 heteroatoms. The van der Waals surface area contributed by atoms with Crippen LogP contribution >= 0.6 is 0 Å². The third-order valence-electron chi connectivity index (χ3n) is 8.77. The maximum absolute atomic E-state index is 14.0. The summed E-state index contributed by atoms with van der Waals surface area (Å²) in [5, 5.41) is 48.4. The van der Waals surface area contributed by atoms with Crippen LogP contribution in [0.3, 0.4) is 0 Å². The lowest BCUT2D eigenvalue weighted by molar-refractivity contribution is -0.0678. The van der Waals surface area contributed by atoms with Crippen LogP contribution in [0.5, 0.6) is 0 Å². The second kappa shape index (κ2) is 16.2. The average molecular weight is 649 g/mol. The minimum atomic E-state index is -3.63. The van der Waals surface area contributed by atoms with Gasteiger partial charge < -0.3 is 36.0 Å². The lowest BCUT2D eigenvalue weighted by atomic mass is 9.86. The third-order valence-corrected chi connectivity index (χ3v) is 10.7. The minimum absolute atomic E-state index is 0.00986. The molecule has 2 amide bonds. The number of hydrogen-bond donors (Lipinski definition) is 7. The number of sulfone groups is 1. The van der Waals surface area contributed by atoms with Crippen molar-refractivity contribution in [2.45, 2.75) is 94.1 Å². The summed E-state index contributed by atoms with van der Waals surface area (Å²) in [6.07, 6.45) is 1.18. The first-order valence-electron chi connectivity index (χ1n) is 15.9. The topological polar surface area (TPSA) is 171 Å². The lowest BCUT2D eigenvalue weighted by Crippen LogP contribution is -2.50. The summed E-state index contributed by atoms with van der Waals surface area (Å²) in [5.41, 5.74) is 2.19. The molecule has 0 saturated heterocycles. The van der Waals surface area contributed by atoms with E-state index in [0.717, 1.165) is 49.8 Å². The maximum Gasteiger partial charge on any atom is 0.319 e. The number of unbranched alkanes of at least 4 members (excludes halogenated alkanes) is 2. The normalized spacial score (nSPS) is 19.8. The van der Waals surface area contributed by atoms with Crippen molar-refractivity contribution in [1.82, 2.24) is 10.6 Å². The van der Waals surface area contributed by atoms with E-state index in [1.807, 2.05) is 49.3 Å². The van der Waals surface area contributed by atoms with E-state index in [2.05, 4.69) is 29.8 Å². The summed E-state index contributed by atoms with van der Waals surface area (Å²) in [7, 11) is 0.203. The number of urea groups is 1. The third kappa shape index (κ3) is 9.40. The second-order valence-corrected chi connectivity index (χ2v) is 14.5. The zero-order valence-corrected chi connectivity index (χ0v) is 28.0. The fourth-order valence-electron chi connectivity index (χ4n) is 5.94. The van der Waals surface area contributed by atoms with E-state index < -0.39 is 58.3 Å². The molecule has 1 heterocycles. The van der Waals surface area contributed by atoms with E-state index >= 15 is 0 Å². The Labute approximate surface area is 268 Å². The summed E-state index contributed by atoms with van der Waals surface area (Å²) in [5.74, 6) is -0.795. The molecule has 5 atom stereocenters. The monoisotopic (exact) mass is 648 g/mol. The number of rotatable bonds is 15. The van der Waals surface area contributed by atoms with Crippen LogP contribution in [-0.4, -0.2) is 91.7 Å². The molecule has 3 rings (SSSR count). The van der Waals surface area contributed by atoms with Crippen LogP contribution in [0.25, 0.3) is 0 Å². The molecule has 1 aliphatic rings. The molecule has 0 aliphatic carbocycles. The molecular weight excluding hydrogens is 596 g/mol. The molecule has 7 N–H and O–H groups in total. The molecular formula is C33H52N4O7S. The smallest absolute Gasteiger partial charge is 0.319 e. The number of hydrogen-bond acceptors (Lipinski definition) is 9. The van der Waals surface area contributed by atoms with Gasteiger partial charge in [0.2, 0.25) is 0 Å². The van der Waals surface area contributed by atoms with Gasteiger partial charge in [-0.25, -0.2) is 13.2 Å². The number of amides is 2. The van der Waals surface area contributed by atoms with E-state index in [0.29, 0.717) is 16.1 Å². The Kier molecular flexibility index (Phi) is 13.2. The molecule has 45 heavy (non-hydrogen) atoms. The Hall–Kier alpha value is -2.74. The number of aliphatic hydroxyl groups is 4. The Bertz CT molecular complexity index is 1360.